The minimum Gasteiger partial charge on any atom is -0.263 e. The topological polar surface area (TPSA) is 41.6 Å². The summed E-state index contributed by atoms with van der Waals surface area (Å²) in [5.74, 6) is 3.46. The van der Waals surface area contributed by atoms with Gasteiger partial charge in [-0.15, -0.1) is 0 Å². The van der Waals surface area contributed by atoms with Gasteiger partial charge in [0.1, 0.15) is 5.82 Å². The minimum absolute atomic E-state index is 0.388. The third-order valence-electron chi connectivity index (χ3n) is 4.30. The van der Waals surface area contributed by atoms with Crippen molar-refractivity contribution >= 4 is 0 Å². The van der Waals surface area contributed by atoms with Crippen LogP contribution in [0.5, 0.6) is 0 Å². The summed E-state index contributed by atoms with van der Waals surface area (Å²) in [6.07, 6.45) is 7.86. The molecule has 2 aliphatic rings. The number of rotatable bonds is 2. The van der Waals surface area contributed by atoms with E-state index in [4.69, 9.17) is 4.98 Å². The van der Waals surface area contributed by atoms with Gasteiger partial charge in [0, 0.05) is 11.8 Å². The Morgan fingerprint density at radius 1 is 1.19 bits per heavy atom. The molecule has 0 radical (unpaired) electrons. The van der Waals surface area contributed by atoms with Gasteiger partial charge in [0.15, 0.2) is 5.82 Å². The normalized spacial score (nSPS) is 29.2. The van der Waals surface area contributed by atoms with Gasteiger partial charge in [-0.25, -0.2) is 4.98 Å². The summed E-state index contributed by atoms with van der Waals surface area (Å²) in [4.78, 5) is 4.72. The van der Waals surface area contributed by atoms with E-state index in [-0.39, 0.29) is 0 Å². The molecule has 2 aliphatic carbocycles. The lowest BCUT2D eigenvalue weighted by Gasteiger charge is -2.37. The van der Waals surface area contributed by atoms with E-state index in [9.17, 15) is 0 Å². The summed E-state index contributed by atoms with van der Waals surface area (Å²) in [6.45, 7) is 4.74. The molecule has 2 saturated carbocycles. The molecule has 0 spiro atoms. The fourth-order valence-electron chi connectivity index (χ4n) is 2.97. The first-order valence-electron chi connectivity index (χ1n) is 6.59. The van der Waals surface area contributed by atoms with Crippen LogP contribution in [0.1, 0.15) is 75.9 Å². The molecule has 1 N–H and O–H groups in total. The van der Waals surface area contributed by atoms with Crippen molar-refractivity contribution in [2.45, 2.75) is 64.2 Å². The lowest BCUT2D eigenvalue weighted by molar-refractivity contribution is 0.192. The molecule has 1 unspecified atom stereocenters. The Morgan fingerprint density at radius 2 is 2.00 bits per heavy atom. The van der Waals surface area contributed by atoms with E-state index in [1.54, 1.807) is 0 Å². The lowest BCUT2D eigenvalue weighted by Crippen LogP contribution is -2.26. The molecule has 1 aromatic heterocycles. The highest BCUT2D eigenvalue weighted by molar-refractivity contribution is 5.10. The largest absolute Gasteiger partial charge is 0.263 e. The average molecular weight is 219 g/mol. The molecule has 1 atom stereocenters. The summed E-state index contributed by atoms with van der Waals surface area (Å²) in [5.41, 5.74) is 0.388. The fraction of sp³-hybridized carbons (Fsp3) is 0.846. The van der Waals surface area contributed by atoms with Crippen molar-refractivity contribution in [3.05, 3.63) is 11.6 Å². The standard InChI is InChI=1S/C13H21N3/c1-13(2)8-4-3-5-10(13)12-14-11(15-16-12)9-6-7-9/h9-10H,3-8H2,1-2H3,(H,14,15,16). The van der Waals surface area contributed by atoms with E-state index < -0.39 is 0 Å². The highest BCUT2D eigenvalue weighted by atomic mass is 15.2. The van der Waals surface area contributed by atoms with Gasteiger partial charge in [0.05, 0.1) is 0 Å². The summed E-state index contributed by atoms with van der Waals surface area (Å²) < 4.78 is 0. The number of hydrogen-bond acceptors (Lipinski definition) is 2. The predicted octanol–water partition coefficient (Wildman–Crippen LogP) is 3.37. The Morgan fingerprint density at radius 3 is 2.69 bits per heavy atom. The van der Waals surface area contributed by atoms with Crippen molar-refractivity contribution in [3.63, 3.8) is 0 Å². The molecular formula is C13H21N3. The van der Waals surface area contributed by atoms with E-state index >= 15 is 0 Å². The van der Waals surface area contributed by atoms with Gasteiger partial charge in [0.25, 0.3) is 0 Å². The Hall–Kier alpha value is -0.860. The van der Waals surface area contributed by atoms with Crippen LogP contribution in [-0.4, -0.2) is 15.2 Å². The van der Waals surface area contributed by atoms with E-state index in [1.165, 1.54) is 38.5 Å². The second-order valence-corrected chi connectivity index (χ2v) is 6.14. The van der Waals surface area contributed by atoms with Crippen LogP contribution in [0.15, 0.2) is 0 Å². The molecular weight excluding hydrogens is 198 g/mol. The molecule has 0 aliphatic heterocycles. The van der Waals surface area contributed by atoms with Crippen molar-refractivity contribution < 1.29 is 0 Å². The second kappa shape index (κ2) is 3.57. The molecule has 0 aromatic carbocycles. The van der Waals surface area contributed by atoms with E-state index in [0.29, 0.717) is 17.3 Å². The highest BCUT2D eigenvalue weighted by Gasteiger charge is 2.36. The first-order chi connectivity index (χ1) is 7.67. The summed E-state index contributed by atoms with van der Waals surface area (Å²) in [7, 11) is 0. The van der Waals surface area contributed by atoms with Gasteiger partial charge in [-0.2, -0.15) is 5.10 Å². The third-order valence-corrected chi connectivity index (χ3v) is 4.30. The predicted molar refractivity (Wildman–Crippen MR) is 63.3 cm³/mol. The van der Waals surface area contributed by atoms with Crippen LogP contribution in [0.4, 0.5) is 0 Å². The maximum Gasteiger partial charge on any atom is 0.153 e. The lowest BCUT2D eigenvalue weighted by atomic mass is 9.68. The van der Waals surface area contributed by atoms with Crippen LogP contribution in [0.2, 0.25) is 0 Å². The molecule has 0 saturated heterocycles. The van der Waals surface area contributed by atoms with Crippen molar-refractivity contribution in [2.24, 2.45) is 5.41 Å². The Bertz CT molecular complexity index is 376. The van der Waals surface area contributed by atoms with E-state index in [2.05, 4.69) is 24.0 Å². The number of H-pyrrole nitrogens is 1. The molecule has 0 bridgehead atoms. The minimum atomic E-state index is 0.388. The number of aromatic amines is 1. The molecule has 16 heavy (non-hydrogen) atoms. The molecule has 2 fully saturated rings. The van der Waals surface area contributed by atoms with Crippen LogP contribution in [0.25, 0.3) is 0 Å². The number of aromatic nitrogens is 3. The molecule has 1 heterocycles. The van der Waals surface area contributed by atoms with Crippen LogP contribution in [0, 0.1) is 5.41 Å². The van der Waals surface area contributed by atoms with Crippen molar-refractivity contribution in [2.75, 3.05) is 0 Å². The summed E-state index contributed by atoms with van der Waals surface area (Å²) in [5, 5.41) is 7.57. The maximum absolute atomic E-state index is 4.72. The van der Waals surface area contributed by atoms with Gasteiger partial charge in [-0.3, -0.25) is 5.10 Å². The van der Waals surface area contributed by atoms with Crippen molar-refractivity contribution in [1.29, 1.82) is 0 Å². The number of nitrogens with zero attached hydrogens (tertiary/aromatic N) is 2. The number of nitrogens with one attached hydrogen (secondary N) is 1. The monoisotopic (exact) mass is 219 g/mol. The first-order valence-corrected chi connectivity index (χ1v) is 6.59. The summed E-state index contributed by atoms with van der Waals surface area (Å²) in [6, 6.07) is 0. The SMILES string of the molecule is CC1(C)CCCCC1c1nc(C2CC2)n[nH]1. The van der Waals surface area contributed by atoms with Gasteiger partial charge >= 0.3 is 0 Å². The molecule has 1 aromatic rings. The Balaban J connectivity index is 1.83. The van der Waals surface area contributed by atoms with Gasteiger partial charge < -0.3 is 0 Å². The smallest absolute Gasteiger partial charge is 0.153 e. The highest BCUT2D eigenvalue weighted by Crippen LogP contribution is 2.46. The molecule has 0 amide bonds. The fourth-order valence-corrected chi connectivity index (χ4v) is 2.97. The van der Waals surface area contributed by atoms with Crippen LogP contribution in [-0.2, 0) is 0 Å². The summed E-state index contributed by atoms with van der Waals surface area (Å²) >= 11 is 0. The Labute approximate surface area is 97.1 Å². The third kappa shape index (κ3) is 1.76. The Kier molecular flexibility index (Phi) is 2.30. The zero-order chi connectivity index (χ0) is 11.2. The molecule has 88 valence electrons. The quantitative estimate of drug-likeness (QED) is 0.828. The van der Waals surface area contributed by atoms with Crippen molar-refractivity contribution in [1.82, 2.24) is 15.2 Å². The number of hydrogen-bond donors (Lipinski definition) is 1. The zero-order valence-corrected chi connectivity index (χ0v) is 10.3. The molecule has 3 heteroatoms. The van der Waals surface area contributed by atoms with Crippen LogP contribution >= 0.6 is 0 Å². The van der Waals surface area contributed by atoms with Gasteiger partial charge in [0.2, 0.25) is 0 Å². The molecule has 3 nitrogen and oxygen atoms in total. The van der Waals surface area contributed by atoms with Gasteiger partial charge in [-0.05, 0) is 31.1 Å². The average Bonchev–Trinajstić information content (AvgIpc) is 2.98. The van der Waals surface area contributed by atoms with Crippen molar-refractivity contribution in [3.8, 4) is 0 Å². The maximum atomic E-state index is 4.72. The van der Waals surface area contributed by atoms with Crippen LogP contribution in [0.3, 0.4) is 0 Å². The second-order valence-electron chi connectivity index (χ2n) is 6.14. The van der Waals surface area contributed by atoms with Crippen LogP contribution < -0.4 is 0 Å². The zero-order valence-electron chi connectivity index (χ0n) is 10.3. The molecule has 3 rings (SSSR count). The van der Waals surface area contributed by atoms with E-state index in [0.717, 1.165) is 11.6 Å². The van der Waals surface area contributed by atoms with Gasteiger partial charge in [-0.1, -0.05) is 26.7 Å². The first kappa shape index (κ1) is 10.3. The van der Waals surface area contributed by atoms with E-state index in [1.807, 2.05) is 0 Å².